The third-order valence-electron chi connectivity index (χ3n) is 0.945. The molecule has 0 unspecified atom stereocenters. The van der Waals surface area contributed by atoms with E-state index in [0.717, 1.165) is 0 Å². The van der Waals surface area contributed by atoms with Crippen molar-refractivity contribution in [2.75, 3.05) is 5.88 Å². The molecule has 0 aliphatic rings. The van der Waals surface area contributed by atoms with Crippen molar-refractivity contribution in [3.63, 3.8) is 0 Å². The third kappa shape index (κ3) is 2.34. The minimum absolute atomic E-state index is 0.0324. The zero-order chi connectivity index (χ0) is 8.27. The number of aryl methyl sites for hydroxylation is 1. The quantitative estimate of drug-likeness (QED) is 0.634. The highest BCUT2D eigenvalue weighted by molar-refractivity contribution is 6.17. The highest BCUT2D eigenvalue weighted by Gasteiger charge is 2.03. The van der Waals surface area contributed by atoms with Gasteiger partial charge in [0.25, 0.3) is 0 Å². The summed E-state index contributed by atoms with van der Waals surface area (Å²) < 4.78 is 24.4. The van der Waals surface area contributed by atoms with Crippen molar-refractivity contribution < 1.29 is 8.78 Å². The molecule has 1 rings (SSSR count). The molecule has 1 heterocycles. The second-order valence-corrected chi connectivity index (χ2v) is 2.11. The summed E-state index contributed by atoms with van der Waals surface area (Å²) in [5.74, 6) is 0.258. The number of hydrogen-bond acceptors (Lipinski definition) is 3. The first-order chi connectivity index (χ1) is 5.22. The van der Waals surface area contributed by atoms with Crippen LogP contribution in [0.5, 0.6) is 0 Å². The molecule has 0 aliphatic heterocycles. The van der Waals surface area contributed by atoms with E-state index in [1.807, 2.05) is 0 Å². The first kappa shape index (κ1) is 8.26. The minimum atomic E-state index is -1.11. The first-order valence-electron chi connectivity index (χ1n) is 2.84. The van der Waals surface area contributed by atoms with Gasteiger partial charge in [-0.15, -0.1) is 11.6 Å². The van der Waals surface area contributed by atoms with Crippen LogP contribution in [-0.4, -0.2) is 20.8 Å². The van der Waals surface area contributed by atoms with Crippen molar-refractivity contribution in [3.05, 3.63) is 18.0 Å². The van der Waals surface area contributed by atoms with Gasteiger partial charge in [-0.2, -0.15) is 23.7 Å². The van der Waals surface area contributed by atoms with Gasteiger partial charge in [0.2, 0.25) is 0 Å². The van der Waals surface area contributed by atoms with Gasteiger partial charge in [-0.1, -0.05) is 0 Å². The van der Waals surface area contributed by atoms with Gasteiger partial charge in [0.05, 0.1) is 0 Å². The molecule has 0 saturated carbocycles. The van der Waals surface area contributed by atoms with E-state index in [9.17, 15) is 8.78 Å². The van der Waals surface area contributed by atoms with E-state index in [2.05, 4.69) is 15.0 Å². The van der Waals surface area contributed by atoms with Crippen LogP contribution < -0.4 is 0 Å². The second kappa shape index (κ2) is 3.52. The predicted octanol–water partition coefficient (Wildman–Crippen LogP) is 0.931. The second-order valence-electron chi connectivity index (χ2n) is 1.73. The Kier molecular flexibility index (Phi) is 2.64. The fourth-order valence-electron chi connectivity index (χ4n) is 0.560. The molecule has 0 saturated heterocycles. The summed E-state index contributed by atoms with van der Waals surface area (Å²) in [4.78, 5) is 9.14. The molecule has 1 aromatic heterocycles. The topological polar surface area (TPSA) is 38.7 Å². The van der Waals surface area contributed by atoms with Gasteiger partial charge in [-0.05, 0) is 0 Å². The fourth-order valence-corrected chi connectivity index (χ4v) is 0.729. The Balaban J connectivity index is 2.89. The number of rotatable bonds is 2. The Morgan fingerprint density at radius 1 is 1.09 bits per heavy atom. The standard InChI is InChI=1S/C5H4ClF2N3/c6-2-1-3-9-4(7)11-5(8)10-3/h1-2H2. The Morgan fingerprint density at radius 3 is 2.09 bits per heavy atom. The maximum absolute atomic E-state index is 12.2. The van der Waals surface area contributed by atoms with Gasteiger partial charge in [-0.25, -0.2) is 0 Å². The van der Waals surface area contributed by atoms with Crippen molar-refractivity contribution in [1.29, 1.82) is 0 Å². The molecule has 0 amide bonds. The van der Waals surface area contributed by atoms with Gasteiger partial charge in [-0.3, -0.25) is 0 Å². The monoisotopic (exact) mass is 179 g/mol. The molecule has 0 fully saturated rings. The Hall–Kier alpha value is -0.840. The molecule has 11 heavy (non-hydrogen) atoms. The average molecular weight is 180 g/mol. The average Bonchev–Trinajstić information content (AvgIpc) is 1.85. The van der Waals surface area contributed by atoms with E-state index in [4.69, 9.17) is 11.6 Å². The molecule has 0 spiro atoms. The smallest absolute Gasteiger partial charge is 0.187 e. The number of nitrogens with zero attached hydrogens (tertiary/aromatic N) is 3. The molecular formula is C5H4ClF2N3. The van der Waals surface area contributed by atoms with Crippen LogP contribution in [0.25, 0.3) is 0 Å². The lowest BCUT2D eigenvalue weighted by atomic mass is 10.5. The van der Waals surface area contributed by atoms with Gasteiger partial charge < -0.3 is 0 Å². The molecule has 1 aromatic rings. The summed E-state index contributed by atoms with van der Waals surface area (Å²) in [7, 11) is 0. The van der Waals surface area contributed by atoms with E-state index < -0.39 is 12.2 Å². The van der Waals surface area contributed by atoms with E-state index in [1.54, 1.807) is 0 Å². The molecule has 0 bridgehead atoms. The molecule has 0 aromatic carbocycles. The Morgan fingerprint density at radius 2 is 1.64 bits per heavy atom. The predicted molar refractivity (Wildman–Crippen MR) is 34.2 cm³/mol. The van der Waals surface area contributed by atoms with Crippen molar-refractivity contribution >= 4 is 11.6 Å². The fraction of sp³-hybridized carbons (Fsp3) is 0.400. The molecule has 0 N–H and O–H groups in total. The van der Waals surface area contributed by atoms with Gasteiger partial charge >= 0.3 is 12.2 Å². The van der Waals surface area contributed by atoms with Gasteiger partial charge in [0.1, 0.15) is 5.82 Å². The molecule has 0 atom stereocenters. The number of halogens is 3. The van der Waals surface area contributed by atoms with Crippen LogP contribution in [0.2, 0.25) is 0 Å². The minimum Gasteiger partial charge on any atom is -0.187 e. The lowest BCUT2D eigenvalue weighted by Crippen LogP contribution is -2.04. The van der Waals surface area contributed by atoms with Gasteiger partial charge in [0, 0.05) is 12.3 Å². The van der Waals surface area contributed by atoms with Crippen LogP contribution in [-0.2, 0) is 6.42 Å². The van der Waals surface area contributed by atoms with Crippen molar-refractivity contribution in [2.24, 2.45) is 0 Å². The summed E-state index contributed by atoms with van der Waals surface area (Å²) in [5, 5.41) is 0. The molecule has 6 heteroatoms. The maximum atomic E-state index is 12.2. The zero-order valence-corrected chi connectivity index (χ0v) is 6.15. The summed E-state index contributed by atoms with van der Waals surface area (Å²) in [6.07, 6.45) is -1.99. The van der Waals surface area contributed by atoms with E-state index in [-0.39, 0.29) is 18.1 Å². The van der Waals surface area contributed by atoms with Crippen LogP contribution in [0.15, 0.2) is 0 Å². The zero-order valence-electron chi connectivity index (χ0n) is 5.39. The van der Waals surface area contributed by atoms with Crippen LogP contribution in [0.3, 0.4) is 0 Å². The van der Waals surface area contributed by atoms with E-state index in [1.165, 1.54) is 0 Å². The number of alkyl halides is 1. The highest BCUT2D eigenvalue weighted by atomic mass is 35.5. The Bertz CT molecular complexity index is 235. The molecule has 3 nitrogen and oxygen atoms in total. The van der Waals surface area contributed by atoms with Crippen molar-refractivity contribution in [2.45, 2.75) is 6.42 Å². The molecular weight excluding hydrogens is 176 g/mol. The van der Waals surface area contributed by atoms with E-state index >= 15 is 0 Å². The van der Waals surface area contributed by atoms with Gasteiger partial charge in [0.15, 0.2) is 0 Å². The summed E-state index contributed by atoms with van der Waals surface area (Å²) in [6, 6.07) is 0. The van der Waals surface area contributed by atoms with Crippen molar-refractivity contribution in [3.8, 4) is 0 Å². The lowest BCUT2D eigenvalue weighted by molar-refractivity contribution is 0.445. The maximum Gasteiger partial charge on any atom is 0.314 e. The Labute approximate surface area is 66.5 Å². The summed E-state index contributed by atoms with van der Waals surface area (Å²) in [6.45, 7) is 0. The van der Waals surface area contributed by atoms with Crippen LogP contribution >= 0.6 is 11.6 Å². The highest BCUT2D eigenvalue weighted by Crippen LogP contribution is 1.95. The molecule has 0 radical (unpaired) electrons. The molecule has 60 valence electrons. The normalized spacial score (nSPS) is 10.1. The van der Waals surface area contributed by atoms with Crippen LogP contribution in [0.1, 0.15) is 5.82 Å². The van der Waals surface area contributed by atoms with Crippen LogP contribution in [0.4, 0.5) is 8.78 Å². The van der Waals surface area contributed by atoms with Crippen LogP contribution in [0, 0.1) is 12.2 Å². The third-order valence-corrected chi connectivity index (χ3v) is 1.13. The number of aromatic nitrogens is 3. The lowest BCUT2D eigenvalue weighted by Gasteiger charge is -1.94. The number of hydrogen-bond donors (Lipinski definition) is 0. The largest absolute Gasteiger partial charge is 0.314 e. The SMILES string of the molecule is Fc1nc(F)nc(CCCl)n1. The summed E-state index contributed by atoms with van der Waals surface area (Å²) >= 11 is 5.30. The van der Waals surface area contributed by atoms with E-state index in [0.29, 0.717) is 0 Å². The van der Waals surface area contributed by atoms with Crippen molar-refractivity contribution in [1.82, 2.24) is 15.0 Å². The first-order valence-corrected chi connectivity index (χ1v) is 3.37. The summed E-state index contributed by atoms with van der Waals surface area (Å²) in [5.41, 5.74) is 0. The molecule has 0 aliphatic carbocycles.